The molecule has 1 aliphatic carbocycles. The molecule has 39 heavy (non-hydrogen) atoms. The standard InChI is InChI=1S/C28H30F3N3O4S/c1-2-18-32-39(36,20-16-14-19(15-17-20)38-28(29,30)31)33-21-8-7-11-24(27(21)35)34-22-9-3-5-12-25(22)37-26-13-6-4-10-23(26)34/h3-6,9-10,12-17,21,24,27,35H,2,7-8,11,18H2,1H3,(H,32,33,36)/t21-,24+,27+,39?/m0/s1. The lowest BCUT2D eigenvalue weighted by Crippen LogP contribution is -2.56. The highest BCUT2D eigenvalue weighted by atomic mass is 32.2. The summed E-state index contributed by atoms with van der Waals surface area (Å²) < 4.78 is 69.6. The second-order valence-corrected chi connectivity index (χ2v) is 11.5. The van der Waals surface area contributed by atoms with Crippen molar-refractivity contribution in [2.45, 2.75) is 62.1 Å². The molecule has 1 heterocycles. The van der Waals surface area contributed by atoms with Crippen LogP contribution in [0.25, 0.3) is 0 Å². The van der Waals surface area contributed by atoms with E-state index in [1.54, 1.807) is 0 Å². The summed E-state index contributed by atoms with van der Waals surface area (Å²) in [6.45, 7) is 2.17. The average molecular weight is 562 g/mol. The third-order valence-electron chi connectivity index (χ3n) is 6.81. The molecular formula is C28H30F3N3O4S. The Labute approximate surface area is 225 Å². The summed E-state index contributed by atoms with van der Waals surface area (Å²) >= 11 is 0. The van der Waals surface area contributed by atoms with Crippen LogP contribution in [0.4, 0.5) is 24.5 Å². The first kappa shape index (κ1) is 27.3. The average Bonchev–Trinajstić information content (AvgIpc) is 2.91. The normalized spacial score (nSPS) is 22.2. The molecule has 0 radical (unpaired) electrons. The zero-order chi connectivity index (χ0) is 27.6. The van der Waals surface area contributed by atoms with Gasteiger partial charge in [0, 0.05) is 12.6 Å². The van der Waals surface area contributed by atoms with E-state index in [2.05, 4.69) is 18.7 Å². The van der Waals surface area contributed by atoms with Gasteiger partial charge in [-0.15, -0.1) is 13.2 Å². The summed E-state index contributed by atoms with van der Waals surface area (Å²) in [7, 11) is -3.26. The first-order valence-corrected chi connectivity index (χ1v) is 14.4. The molecule has 3 aromatic rings. The summed E-state index contributed by atoms with van der Waals surface area (Å²) in [4.78, 5) is 2.31. The number of para-hydroxylation sites is 4. The van der Waals surface area contributed by atoms with E-state index in [1.165, 1.54) is 12.1 Å². The van der Waals surface area contributed by atoms with Crippen LogP contribution in [0.2, 0.25) is 0 Å². The molecule has 5 rings (SSSR count). The maximum absolute atomic E-state index is 14.2. The number of ether oxygens (including phenoxy) is 2. The van der Waals surface area contributed by atoms with E-state index in [-0.39, 0.29) is 17.5 Å². The fourth-order valence-corrected chi connectivity index (χ4v) is 7.06. The topological polar surface area (TPSA) is 83.4 Å². The van der Waals surface area contributed by atoms with Crippen LogP contribution in [-0.2, 0) is 9.92 Å². The Morgan fingerprint density at radius 1 is 1.03 bits per heavy atom. The van der Waals surface area contributed by atoms with Gasteiger partial charge in [-0.2, -0.15) is 0 Å². The van der Waals surface area contributed by atoms with E-state index in [0.29, 0.717) is 30.8 Å². The van der Waals surface area contributed by atoms with Gasteiger partial charge in [0.1, 0.15) is 15.7 Å². The van der Waals surface area contributed by atoms with Crippen molar-refractivity contribution < 1.29 is 32.0 Å². The maximum atomic E-state index is 14.2. The Hall–Kier alpha value is -3.28. The van der Waals surface area contributed by atoms with Crippen molar-refractivity contribution >= 4 is 21.3 Å². The molecule has 208 valence electrons. The SMILES string of the molecule is CCCN=S(=O)(N[C@H]1CCC[C@@H](N2c3ccccc3Oc3ccccc32)[C@@H]1O)c1ccc(OC(F)(F)F)cc1. The molecule has 1 fully saturated rings. The summed E-state index contributed by atoms with van der Waals surface area (Å²) in [6, 6.07) is 19.2. The maximum Gasteiger partial charge on any atom is 0.573 e. The van der Waals surface area contributed by atoms with Crippen molar-refractivity contribution in [3.63, 3.8) is 0 Å². The molecule has 0 spiro atoms. The lowest BCUT2D eigenvalue weighted by Gasteiger charge is -2.45. The number of halogens is 3. The Kier molecular flexibility index (Phi) is 7.75. The summed E-state index contributed by atoms with van der Waals surface area (Å²) in [5, 5.41) is 11.7. The molecule has 0 bridgehead atoms. The van der Waals surface area contributed by atoms with Crippen LogP contribution >= 0.6 is 0 Å². The lowest BCUT2D eigenvalue weighted by atomic mass is 9.86. The number of aliphatic hydroxyl groups excluding tert-OH is 1. The summed E-state index contributed by atoms with van der Waals surface area (Å²) in [5.74, 6) is 0.952. The highest BCUT2D eigenvalue weighted by molar-refractivity contribution is 7.91. The predicted molar refractivity (Wildman–Crippen MR) is 143 cm³/mol. The van der Waals surface area contributed by atoms with Gasteiger partial charge in [-0.25, -0.2) is 13.3 Å². The fraction of sp³-hybridized carbons (Fsp3) is 0.357. The van der Waals surface area contributed by atoms with Gasteiger partial charge in [-0.05, 0) is 74.2 Å². The molecule has 7 nitrogen and oxygen atoms in total. The molecule has 2 aliphatic rings. The number of hydrogen-bond donors (Lipinski definition) is 2. The van der Waals surface area contributed by atoms with Crippen LogP contribution in [-0.4, -0.2) is 40.4 Å². The minimum atomic E-state index is -4.83. The number of aliphatic hydroxyl groups is 1. The van der Waals surface area contributed by atoms with Crippen molar-refractivity contribution in [1.82, 2.24) is 4.72 Å². The number of alkyl halides is 3. The zero-order valence-corrected chi connectivity index (χ0v) is 22.1. The van der Waals surface area contributed by atoms with Crippen LogP contribution in [0.1, 0.15) is 32.6 Å². The van der Waals surface area contributed by atoms with Gasteiger partial charge >= 0.3 is 6.36 Å². The van der Waals surface area contributed by atoms with Crippen LogP contribution in [0, 0.1) is 0 Å². The van der Waals surface area contributed by atoms with Crippen molar-refractivity contribution in [2.75, 3.05) is 11.4 Å². The van der Waals surface area contributed by atoms with Gasteiger partial charge in [0.05, 0.1) is 28.4 Å². The number of rotatable bonds is 7. The first-order chi connectivity index (χ1) is 18.7. The van der Waals surface area contributed by atoms with E-state index in [4.69, 9.17) is 4.74 Å². The number of nitrogens with zero attached hydrogens (tertiary/aromatic N) is 2. The van der Waals surface area contributed by atoms with E-state index in [9.17, 15) is 22.5 Å². The van der Waals surface area contributed by atoms with Crippen molar-refractivity contribution in [1.29, 1.82) is 0 Å². The third-order valence-corrected chi connectivity index (χ3v) is 8.89. The molecule has 1 aliphatic heterocycles. The summed E-state index contributed by atoms with van der Waals surface area (Å²) in [6.07, 6.45) is -3.12. The smallest absolute Gasteiger partial charge is 0.453 e. The van der Waals surface area contributed by atoms with E-state index in [1.807, 2.05) is 55.5 Å². The Bertz CT molecular complexity index is 1380. The van der Waals surface area contributed by atoms with E-state index in [0.717, 1.165) is 29.9 Å². The second-order valence-electron chi connectivity index (χ2n) is 9.52. The van der Waals surface area contributed by atoms with Gasteiger partial charge in [0.2, 0.25) is 0 Å². The highest BCUT2D eigenvalue weighted by Crippen LogP contribution is 2.49. The van der Waals surface area contributed by atoms with Crippen LogP contribution in [0.3, 0.4) is 0 Å². The van der Waals surface area contributed by atoms with Crippen LogP contribution < -0.4 is 19.1 Å². The first-order valence-electron chi connectivity index (χ1n) is 12.9. The molecular weight excluding hydrogens is 531 g/mol. The van der Waals surface area contributed by atoms with Gasteiger partial charge < -0.3 is 19.5 Å². The second kappa shape index (κ2) is 11.1. The molecule has 1 unspecified atom stereocenters. The van der Waals surface area contributed by atoms with E-state index < -0.39 is 34.2 Å². The number of benzene rings is 3. The van der Waals surface area contributed by atoms with Gasteiger partial charge in [0.25, 0.3) is 0 Å². The Morgan fingerprint density at radius 2 is 1.64 bits per heavy atom. The molecule has 0 amide bonds. The Balaban J connectivity index is 1.45. The van der Waals surface area contributed by atoms with Crippen LogP contribution in [0.15, 0.2) is 82.1 Å². The van der Waals surface area contributed by atoms with Gasteiger partial charge in [-0.1, -0.05) is 31.2 Å². The molecule has 0 saturated heterocycles. The molecule has 4 atom stereocenters. The molecule has 2 N–H and O–H groups in total. The quantitative estimate of drug-likeness (QED) is 0.342. The van der Waals surface area contributed by atoms with Crippen molar-refractivity contribution in [3.8, 4) is 17.2 Å². The molecule has 3 aromatic carbocycles. The van der Waals surface area contributed by atoms with Crippen molar-refractivity contribution in [2.24, 2.45) is 4.36 Å². The minimum absolute atomic E-state index is 0.224. The monoisotopic (exact) mass is 561 g/mol. The largest absolute Gasteiger partial charge is 0.573 e. The highest BCUT2D eigenvalue weighted by Gasteiger charge is 2.41. The number of hydrogen-bond acceptors (Lipinski definition) is 6. The number of nitrogens with one attached hydrogen (secondary N) is 1. The zero-order valence-electron chi connectivity index (χ0n) is 21.3. The predicted octanol–water partition coefficient (Wildman–Crippen LogP) is 6.55. The van der Waals surface area contributed by atoms with Gasteiger partial charge in [0.15, 0.2) is 11.5 Å². The lowest BCUT2D eigenvalue weighted by molar-refractivity contribution is -0.274. The van der Waals surface area contributed by atoms with Crippen molar-refractivity contribution in [3.05, 3.63) is 72.8 Å². The van der Waals surface area contributed by atoms with E-state index >= 15 is 0 Å². The van der Waals surface area contributed by atoms with Crippen LogP contribution in [0.5, 0.6) is 17.2 Å². The minimum Gasteiger partial charge on any atom is -0.453 e. The fourth-order valence-electron chi connectivity index (χ4n) is 5.09. The number of fused-ring (bicyclic) bond motifs is 2. The third kappa shape index (κ3) is 5.85. The molecule has 1 saturated carbocycles. The Morgan fingerprint density at radius 3 is 2.23 bits per heavy atom. The number of anilines is 2. The van der Waals surface area contributed by atoms with Gasteiger partial charge in [-0.3, -0.25) is 0 Å². The summed E-state index contributed by atoms with van der Waals surface area (Å²) in [5.41, 5.74) is 1.66. The molecule has 11 heteroatoms. The molecule has 0 aromatic heterocycles.